The van der Waals surface area contributed by atoms with Gasteiger partial charge in [0.15, 0.2) is 0 Å². The van der Waals surface area contributed by atoms with Gasteiger partial charge in [-0.2, -0.15) is 13.2 Å². The minimum Gasteiger partial charge on any atom is -0.427 e. The summed E-state index contributed by atoms with van der Waals surface area (Å²) in [5.41, 5.74) is 0.0863. The highest BCUT2D eigenvalue weighted by atomic mass is 35.5. The molecule has 0 aromatic heterocycles. The normalized spacial score (nSPS) is 16.7. The fourth-order valence-corrected chi connectivity index (χ4v) is 2.46. The van der Waals surface area contributed by atoms with Crippen LogP contribution in [0.15, 0.2) is 24.3 Å². The molecule has 1 fully saturated rings. The highest BCUT2D eigenvalue weighted by molar-refractivity contribution is 5.85. The molecule has 0 aliphatic carbocycles. The third-order valence-electron chi connectivity index (χ3n) is 3.26. The van der Waals surface area contributed by atoms with Gasteiger partial charge in [-0.15, -0.1) is 24.8 Å². The second kappa shape index (κ2) is 9.32. The lowest BCUT2D eigenvalue weighted by Crippen LogP contribution is -2.49. The number of rotatable bonds is 3. The van der Waals surface area contributed by atoms with Crippen LogP contribution in [0.3, 0.4) is 0 Å². The molecule has 1 aromatic carbocycles. The van der Waals surface area contributed by atoms with Crippen molar-refractivity contribution < 1.29 is 22.7 Å². The summed E-state index contributed by atoms with van der Waals surface area (Å²) in [5, 5.41) is 3.03. The number of carbonyl (C=O) groups excluding carboxylic acids is 1. The first-order valence-corrected chi connectivity index (χ1v) is 6.68. The molecule has 2 rings (SSSR count). The third-order valence-corrected chi connectivity index (χ3v) is 3.26. The summed E-state index contributed by atoms with van der Waals surface area (Å²) in [4.78, 5) is 12.3. The Balaban J connectivity index is 0.00000242. The van der Waals surface area contributed by atoms with Gasteiger partial charge in [0.25, 0.3) is 0 Å². The first-order chi connectivity index (χ1) is 9.88. The Bertz CT molecular complexity index is 509. The predicted octanol–water partition coefficient (Wildman–Crippen LogP) is 2.96. The molecule has 0 amide bonds. The Kier molecular flexibility index (Phi) is 8.90. The van der Waals surface area contributed by atoms with Crippen molar-refractivity contribution in [2.24, 2.45) is 0 Å². The minimum atomic E-state index is -4.38. The summed E-state index contributed by atoms with van der Waals surface area (Å²) < 4.78 is 45.1. The number of nitrogens with zero attached hydrogens (tertiary/aromatic N) is 1. The van der Waals surface area contributed by atoms with Crippen LogP contribution in [0.1, 0.15) is 18.5 Å². The van der Waals surface area contributed by atoms with E-state index in [0.29, 0.717) is 26.2 Å². The van der Waals surface area contributed by atoms with Crippen LogP contribution in [0, 0.1) is 0 Å². The molecule has 1 heterocycles. The van der Waals surface area contributed by atoms with E-state index < -0.39 is 18.2 Å². The molecule has 1 atom stereocenters. The van der Waals surface area contributed by atoms with Gasteiger partial charge in [-0.1, -0.05) is 12.1 Å². The van der Waals surface area contributed by atoms with E-state index in [4.69, 9.17) is 4.74 Å². The summed E-state index contributed by atoms with van der Waals surface area (Å²) in [5.74, 6) is -0.428. The van der Waals surface area contributed by atoms with E-state index in [0.717, 1.165) is 0 Å². The topological polar surface area (TPSA) is 41.6 Å². The molecule has 0 saturated carbocycles. The molecular weight excluding hydrogens is 356 g/mol. The maximum absolute atomic E-state index is 13.4. The lowest BCUT2D eigenvalue weighted by molar-refractivity contribution is -0.187. The first-order valence-electron chi connectivity index (χ1n) is 6.68. The molecule has 9 heteroatoms. The van der Waals surface area contributed by atoms with Crippen molar-refractivity contribution in [2.75, 3.05) is 26.2 Å². The van der Waals surface area contributed by atoms with Gasteiger partial charge < -0.3 is 10.1 Å². The van der Waals surface area contributed by atoms with Crippen LogP contribution in [0.25, 0.3) is 0 Å². The highest BCUT2D eigenvalue weighted by Gasteiger charge is 2.44. The fraction of sp³-hybridized carbons (Fsp3) is 0.500. The van der Waals surface area contributed by atoms with Gasteiger partial charge in [0.2, 0.25) is 0 Å². The lowest BCUT2D eigenvalue weighted by Gasteiger charge is -2.36. The number of nitrogens with one attached hydrogen (secondary N) is 1. The van der Waals surface area contributed by atoms with Crippen LogP contribution in [-0.2, 0) is 4.79 Å². The van der Waals surface area contributed by atoms with Gasteiger partial charge in [-0.05, 0) is 17.7 Å². The number of alkyl halides is 3. The molecule has 1 saturated heterocycles. The number of esters is 1. The second-order valence-corrected chi connectivity index (χ2v) is 4.90. The molecule has 1 aliphatic heterocycles. The van der Waals surface area contributed by atoms with Crippen molar-refractivity contribution >= 4 is 30.8 Å². The van der Waals surface area contributed by atoms with Crippen LogP contribution >= 0.6 is 24.8 Å². The molecule has 4 nitrogen and oxygen atoms in total. The summed E-state index contributed by atoms with van der Waals surface area (Å²) in [6, 6.07) is 3.94. The smallest absolute Gasteiger partial charge is 0.408 e. The van der Waals surface area contributed by atoms with E-state index in [1.807, 2.05) is 0 Å². The average molecular weight is 375 g/mol. The van der Waals surface area contributed by atoms with E-state index in [-0.39, 0.29) is 36.1 Å². The molecule has 0 spiro atoms. The van der Waals surface area contributed by atoms with Gasteiger partial charge in [-0.25, -0.2) is 0 Å². The summed E-state index contributed by atoms with van der Waals surface area (Å²) >= 11 is 0. The van der Waals surface area contributed by atoms with Crippen molar-refractivity contribution in [3.8, 4) is 5.75 Å². The van der Waals surface area contributed by atoms with E-state index in [1.54, 1.807) is 0 Å². The summed E-state index contributed by atoms with van der Waals surface area (Å²) in [7, 11) is 0. The Morgan fingerprint density at radius 1 is 1.26 bits per heavy atom. The van der Waals surface area contributed by atoms with Crippen LogP contribution in [-0.4, -0.2) is 43.2 Å². The second-order valence-electron chi connectivity index (χ2n) is 4.90. The largest absolute Gasteiger partial charge is 0.427 e. The predicted molar refractivity (Wildman–Crippen MR) is 85.5 cm³/mol. The third kappa shape index (κ3) is 6.18. The van der Waals surface area contributed by atoms with Crippen molar-refractivity contribution in [2.45, 2.75) is 19.1 Å². The van der Waals surface area contributed by atoms with E-state index in [2.05, 4.69) is 5.32 Å². The van der Waals surface area contributed by atoms with Gasteiger partial charge >= 0.3 is 12.1 Å². The summed E-state index contributed by atoms with van der Waals surface area (Å²) in [6.45, 7) is 2.90. The Morgan fingerprint density at radius 2 is 1.87 bits per heavy atom. The molecule has 132 valence electrons. The lowest BCUT2D eigenvalue weighted by atomic mass is 10.0. The Morgan fingerprint density at radius 3 is 2.39 bits per heavy atom. The Hall–Kier alpha value is -1.02. The summed E-state index contributed by atoms with van der Waals surface area (Å²) in [6.07, 6.45) is -4.38. The van der Waals surface area contributed by atoms with Gasteiger partial charge in [0.05, 0.1) is 0 Å². The first kappa shape index (κ1) is 22.0. The molecule has 1 aliphatic rings. The highest BCUT2D eigenvalue weighted by Crippen LogP contribution is 2.38. The number of benzene rings is 1. The fourth-order valence-electron chi connectivity index (χ4n) is 2.46. The van der Waals surface area contributed by atoms with Crippen molar-refractivity contribution in [3.63, 3.8) is 0 Å². The van der Waals surface area contributed by atoms with Crippen molar-refractivity contribution in [3.05, 3.63) is 29.8 Å². The molecule has 0 radical (unpaired) electrons. The molecular formula is C14H19Cl2F3N2O2. The van der Waals surface area contributed by atoms with Gasteiger partial charge in [0, 0.05) is 33.1 Å². The maximum Gasteiger partial charge on any atom is 0.408 e. The number of piperazine rings is 1. The van der Waals surface area contributed by atoms with Crippen molar-refractivity contribution in [1.82, 2.24) is 10.2 Å². The van der Waals surface area contributed by atoms with Crippen LogP contribution in [0.2, 0.25) is 0 Å². The van der Waals surface area contributed by atoms with E-state index in [9.17, 15) is 18.0 Å². The number of halogens is 5. The van der Waals surface area contributed by atoms with Crippen LogP contribution in [0.4, 0.5) is 13.2 Å². The monoisotopic (exact) mass is 374 g/mol. The Labute approximate surface area is 145 Å². The van der Waals surface area contributed by atoms with E-state index >= 15 is 0 Å². The SMILES string of the molecule is CC(=O)Oc1cccc([C@H](N2CCNCC2)C(F)(F)F)c1.Cl.Cl. The number of hydrogen-bond donors (Lipinski definition) is 1. The van der Waals surface area contributed by atoms with Crippen molar-refractivity contribution in [1.29, 1.82) is 0 Å². The molecule has 1 aromatic rings. The molecule has 23 heavy (non-hydrogen) atoms. The zero-order valence-corrected chi connectivity index (χ0v) is 14.1. The maximum atomic E-state index is 13.4. The van der Waals surface area contributed by atoms with E-state index in [1.165, 1.54) is 36.1 Å². The number of hydrogen-bond acceptors (Lipinski definition) is 4. The zero-order valence-electron chi connectivity index (χ0n) is 12.4. The van der Waals surface area contributed by atoms with Crippen LogP contribution in [0.5, 0.6) is 5.75 Å². The minimum absolute atomic E-state index is 0. The quantitative estimate of drug-likeness (QED) is 0.652. The standard InChI is InChI=1S/C14H17F3N2O2.2ClH/c1-10(20)21-12-4-2-3-11(9-12)13(14(15,16)17)19-7-5-18-6-8-19;;/h2-4,9,13,18H,5-8H2,1H3;2*1H/t13-;;/m0../s1. The van der Waals surface area contributed by atoms with Gasteiger partial charge in [0.1, 0.15) is 11.8 Å². The molecule has 0 bridgehead atoms. The number of ether oxygens (including phenoxy) is 1. The molecule has 0 unspecified atom stereocenters. The number of carbonyl (C=O) groups is 1. The van der Waals surface area contributed by atoms with Crippen LogP contribution < -0.4 is 10.1 Å². The zero-order chi connectivity index (χ0) is 15.5. The average Bonchev–Trinajstić information content (AvgIpc) is 2.38. The molecule has 1 N–H and O–H groups in total. The van der Waals surface area contributed by atoms with Gasteiger partial charge in [-0.3, -0.25) is 9.69 Å².